The van der Waals surface area contributed by atoms with Gasteiger partial charge < -0.3 is 5.31 Å². The number of nitrogens with zero attached hydrogens (tertiary/aromatic N) is 4. The Bertz CT molecular complexity index is 1480. The average molecular weight is 413 g/mol. The molecule has 138 valence electrons. The van der Waals surface area contributed by atoms with E-state index in [2.05, 4.69) is 9.97 Å². The van der Waals surface area contributed by atoms with E-state index in [4.69, 9.17) is 26.7 Å². The minimum atomic E-state index is -2.97. The van der Waals surface area contributed by atoms with Gasteiger partial charge in [-0.1, -0.05) is 17.6 Å². The Morgan fingerprint density at radius 3 is 3.11 bits per heavy atom. The van der Waals surface area contributed by atoms with Crippen LogP contribution in [0.4, 0.5) is 10.2 Å². The summed E-state index contributed by atoms with van der Waals surface area (Å²) in [5.41, 5.74) is -1.42. The van der Waals surface area contributed by atoms with Gasteiger partial charge in [-0.05, 0) is 36.4 Å². The topological polar surface area (TPSA) is 64.8 Å². The van der Waals surface area contributed by atoms with Crippen molar-refractivity contribution in [2.24, 2.45) is 0 Å². The predicted octanol–water partition coefficient (Wildman–Crippen LogP) is 4.43. The van der Waals surface area contributed by atoms with Crippen LogP contribution in [0.2, 0.25) is 5.75 Å². The Hall–Kier alpha value is -2.27. The average Bonchev–Trinajstić information content (AvgIpc) is 3.13. The number of aromatic nitrogens is 2. The van der Waals surface area contributed by atoms with Crippen LogP contribution < -0.4 is 5.31 Å². The molecule has 1 N–H and O–H groups in total. The molecule has 1 atom stereocenters. The summed E-state index contributed by atoms with van der Waals surface area (Å²) < 4.78 is 107. The zero-order chi connectivity index (χ0) is 28.5. The molecular formula is C19H17ClFN5S. The maximum atomic E-state index is 14.2. The maximum Gasteiger partial charge on any atom is 0.162 e. The number of fused-ring (bicyclic) bond motifs is 1. The minimum Gasteiger partial charge on any atom is -0.366 e. The molecule has 0 bridgehead atoms. The van der Waals surface area contributed by atoms with Gasteiger partial charge in [0.2, 0.25) is 0 Å². The molecule has 4 rings (SSSR count). The number of nitrogens with one attached hydrogen (secondary N) is 1. The Balaban J connectivity index is 1.79. The van der Waals surface area contributed by atoms with Crippen molar-refractivity contribution in [1.82, 2.24) is 14.9 Å². The van der Waals surface area contributed by atoms with E-state index in [9.17, 15) is 9.65 Å². The van der Waals surface area contributed by atoms with Gasteiger partial charge in [-0.15, -0.1) is 11.3 Å². The number of halogens is 2. The summed E-state index contributed by atoms with van der Waals surface area (Å²) in [7, 11) is 0. The van der Waals surface area contributed by atoms with Crippen molar-refractivity contribution >= 4 is 39.0 Å². The second-order valence-electron chi connectivity index (χ2n) is 5.31. The van der Waals surface area contributed by atoms with Crippen molar-refractivity contribution in [2.45, 2.75) is 25.3 Å². The lowest BCUT2D eigenvalue weighted by molar-refractivity contribution is 0.211. The van der Waals surface area contributed by atoms with Crippen molar-refractivity contribution in [1.29, 1.82) is 5.26 Å². The summed E-state index contributed by atoms with van der Waals surface area (Å²) in [4.78, 5) is 8.73. The first-order valence-electron chi connectivity index (χ1n) is 13.1. The summed E-state index contributed by atoms with van der Waals surface area (Å²) in [6.45, 7) is -3.55. The highest BCUT2D eigenvalue weighted by atomic mass is 35.5. The number of rotatable bonds is 4. The van der Waals surface area contributed by atoms with Crippen molar-refractivity contribution in [3.05, 3.63) is 51.8 Å². The third-order valence-corrected chi connectivity index (χ3v) is 4.71. The van der Waals surface area contributed by atoms with E-state index in [1.165, 1.54) is 6.07 Å². The lowest BCUT2D eigenvalue weighted by Gasteiger charge is -2.32. The first-order chi connectivity index (χ1) is 17.5. The van der Waals surface area contributed by atoms with Crippen LogP contribution in [0.15, 0.2) is 30.5 Å². The molecular weight excluding hydrogens is 385 g/mol. The first-order valence-corrected chi connectivity index (χ1v) is 8.75. The van der Waals surface area contributed by atoms with Gasteiger partial charge in [-0.3, -0.25) is 4.90 Å². The third-order valence-electron chi connectivity index (χ3n) is 3.52. The Morgan fingerprint density at radius 1 is 1.52 bits per heavy atom. The van der Waals surface area contributed by atoms with Crippen molar-refractivity contribution in [2.75, 3.05) is 18.4 Å². The normalized spacial score (nSPS) is 27.7. The summed E-state index contributed by atoms with van der Waals surface area (Å²) in [5, 5.41) is 9.46. The van der Waals surface area contributed by atoms with E-state index in [-0.39, 0.29) is 31.7 Å². The lowest BCUT2D eigenvalue weighted by atomic mass is 10.0. The largest absolute Gasteiger partial charge is 0.366 e. The van der Waals surface area contributed by atoms with Crippen LogP contribution in [0.25, 0.3) is 10.2 Å². The van der Waals surface area contributed by atoms with Crippen LogP contribution in [-0.2, 0) is 6.52 Å². The molecule has 0 spiro atoms. The van der Waals surface area contributed by atoms with Crippen LogP contribution in [0.1, 0.15) is 37.6 Å². The van der Waals surface area contributed by atoms with Gasteiger partial charge in [0.15, 0.2) is 1.41 Å². The molecule has 1 unspecified atom stereocenters. The van der Waals surface area contributed by atoms with Crippen LogP contribution in [0.3, 0.4) is 0 Å². The number of nitriles is 1. The van der Waals surface area contributed by atoms with Gasteiger partial charge in [0, 0.05) is 32.5 Å². The zero-order valence-electron chi connectivity index (χ0n) is 24.5. The molecule has 3 aromatic rings. The molecule has 1 saturated heterocycles. The number of hydrogen-bond donors (Lipinski definition) is 1. The molecule has 1 aliphatic rings. The summed E-state index contributed by atoms with van der Waals surface area (Å²) in [6.07, 6.45) is -4.82. The molecule has 1 aromatic carbocycles. The molecule has 1 fully saturated rings. The standard InChI is InChI=1S/C19H17ClFN5S/c20-17-8-16-18(27-17)19(24-11-23-16)25-14-3-5-26(6-4-14)10-12-1-2-15(21)13(7-12)9-22/h1-2,7-8,11,14H,3-6,10H2,(H,23,24,25)/i1D,2D,3D2,4D2,7D,8D,10D,14D/hD. The van der Waals surface area contributed by atoms with E-state index in [1.54, 1.807) is 0 Å². The molecule has 27 heavy (non-hydrogen) atoms. The highest BCUT2D eigenvalue weighted by Crippen LogP contribution is 2.33. The predicted molar refractivity (Wildman–Crippen MR) is 105 cm³/mol. The van der Waals surface area contributed by atoms with Gasteiger partial charge >= 0.3 is 0 Å². The van der Waals surface area contributed by atoms with E-state index in [1.807, 2.05) is 0 Å². The molecule has 0 saturated carbocycles. The Morgan fingerprint density at radius 2 is 2.33 bits per heavy atom. The van der Waals surface area contributed by atoms with Crippen molar-refractivity contribution in [3.63, 3.8) is 0 Å². The Labute approximate surface area is 180 Å². The number of piperidine rings is 1. The maximum absolute atomic E-state index is 14.2. The smallest absolute Gasteiger partial charge is 0.162 e. The Kier molecular flexibility index (Phi) is 2.67. The molecule has 5 nitrogen and oxygen atoms in total. The molecule has 8 heteroatoms. The van der Waals surface area contributed by atoms with Crippen LogP contribution in [-0.4, -0.2) is 34.0 Å². The molecule has 3 heterocycles. The molecule has 0 amide bonds. The van der Waals surface area contributed by atoms with E-state index < -0.39 is 73.4 Å². The summed E-state index contributed by atoms with van der Waals surface area (Å²) in [6, 6.07) is -4.46. The van der Waals surface area contributed by atoms with Crippen LogP contribution >= 0.6 is 22.9 Å². The van der Waals surface area contributed by atoms with E-state index in [0.717, 1.165) is 22.6 Å². The SMILES string of the molecule is [2H]c1c([2H])c(C([2H])N2CC([2H])([2H])C([2H])(N([2H])c3ncnc4c([2H])c(Cl)sc34)C([2H])([2H])C2)c([2H])c(C#N)c1F. The van der Waals surface area contributed by atoms with E-state index in [0.29, 0.717) is 0 Å². The van der Waals surface area contributed by atoms with Crippen LogP contribution in [0, 0.1) is 17.1 Å². The molecule has 0 radical (unpaired) electrons. The monoisotopic (exact) mass is 412 g/mol. The van der Waals surface area contributed by atoms with Crippen LogP contribution in [0.5, 0.6) is 0 Å². The van der Waals surface area contributed by atoms with Crippen molar-refractivity contribution < 1.29 is 19.5 Å². The number of anilines is 1. The highest BCUT2D eigenvalue weighted by molar-refractivity contribution is 7.23. The fraction of sp³-hybridized carbons (Fsp3) is 0.316. The lowest BCUT2D eigenvalue weighted by Crippen LogP contribution is -2.38. The molecule has 1 aliphatic heterocycles. The second-order valence-corrected chi connectivity index (χ2v) is 6.94. The van der Waals surface area contributed by atoms with Gasteiger partial charge in [0.1, 0.15) is 24.0 Å². The summed E-state index contributed by atoms with van der Waals surface area (Å²) >= 11 is 6.83. The molecule has 0 aliphatic carbocycles. The number of hydrogen-bond acceptors (Lipinski definition) is 6. The van der Waals surface area contributed by atoms with Crippen molar-refractivity contribution in [3.8, 4) is 6.07 Å². The minimum absolute atomic E-state index is 0.00858. The van der Waals surface area contributed by atoms with Gasteiger partial charge in [-0.25, -0.2) is 14.4 Å². The third kappa shape index (κ3) is 4.03. The quantitative estimate of drug-likeness (QED) is 0.686. The second kappa shape index (κ2) is 7.77. The van der Waals surface area contributed by atoms with Gasteiger partial charge in [0.05, 0.1) is 27.0 Å². The zero-order valence-corrected chi connectivity index (χ0v) is 15.0. The first kappa shape index (κ1) is 9.28. The fourth-order valence-corrected chi connectivity index (χ4v) is 3.35. The summed E-state index contributed by atoms with van der Waals surface area (Å²) in [5.74, 6) is -1.75. The van der Waals surface area contributed by atoms with Gasteiger partial charge in [0.25, 0.3) is 0 Å². The highest BCUT2D eigenvalue weighted by Gasteiger charge is 2.21. The van der Waals surface area contributed by atoms with E-state index >= 15 is 0 Å². The molecule has 2 aromatic heterocycles. The number of benzene rings is 1. The number of likely N-dealkylation sites (tertiary alicyclic amines) is 1. The van der Waals surface area contributed by atoms with Gasteiger partial charge in [-0.2, -0.15) is 5.26 Å². The number of thiophene rings is 1. The fourth-order valence-electron chi connectivity index (χ4n) is 2.31.